The van der Waals surface area contributed by atoms with Gasteiger partial charge in [0, 0.05) is 6.61 Å². The molecule has 2 heteroatoms. The molecule has 1 rings (SSSR count). The van der Waals surface area contributed by atoms with Gasteiger partial charge in [0.25, 0.3) is 0 Å². The van der Waals surface area contributed by atoms with E-state index >= 15 is 0 Å². The molecule has 78 valence electrons. The van der Waals surface area contributed by atoms with E-state index in [0.29, 0.717) is 13.2 Å². The van der Waals surface area contributed by atoms with Gasteiger partial charge < -0.3 is 9.84 Å². The minimum atomic E-state index is -0.499. The van der Waals surface area contributed by atoms with E-state index in [1.165, 1.54) is 5.56 Å². The highest BCUT2D eigenvalue weighted by atomic mass is 16.5. The molecule has 0 radical (unpaired) electrons. The highest BCUT2D eigenvalue weighted by Gasteiger charge is 2.06. The molecule has 0 fully saturated rings. The van der Waals surface area contributed by atoms with Crippen molar-refractivity contribution in [3.8, 4) is 0 Å². The van der Waals surface area contributed by atoms with E-state index < -0.39 is 6.10 Å². The summed E-state index contributed by atoms with van der Waals surface area (Å²) in [5, 5.41) is 9.69. The summed E-state index contributed by atoms with van der Waals surface area (Å²) in [6, 6.07) is 8.01. The van der Waals surface area contributed by atoms with Crippen molar-refractivity contribution in [3.05, 3.63) is 35.4 Å². The summed E-state index contributed by atoms with van der Waals surface area (Å²) in [6.07, 6.45) is 0.530. The highest BCUT2D eigenvalue weighted by molar-refractivity contribution is 5.24. The predicted octanol–water partition coefficient (Wildman–Crippen LogP) is 2.32. The first-order chi connectivity index (χ1) is 6.77. The Morgan fingerprint density at radius 1 is 1.21 bits per heavy atom. The van der Waals surface area contributed by atoms with Gasteiger partial charge in [-0.3, -0.25) is 0 Å². The monoisotopic (exact) mass is 194 g/mol. The SMILES string of the molecule is CCOCC(O)c1ccc(CC)cc1. The standard InChI is InChI=1S/C12H18O2/c1-3-10-5-7-11(8-6-10)12(13)9-14-4-2/h5-8,12-13H,3-4,9H2,1-2H3. The number of hydrogen-bond acceptors (Lipinski definition) is 2. The fraction of sp³-hybridized carbons (Fsp3) is 0.500. The van der Waals surface area contributed by atoms with Crippen LogP contribution in [0.3, 0.4) is 0 Å². The van der Waals surface area contributed by atoms with Gasteiger partial charge in [0.2, 0.25) is 0 Å². The fourth-order valence-corrected chi connectivity index (χ4v) is 1.30. The van der Waals surface area contributed by atoms with Crippen molar-refractivity contribution in [1.82, 2.24) is 0 Å². The van der Waals surface area contributed by atoms with Gasteiger partial charge in [0.15, 0.2) is 0 Å². The van der Waals surface area contributed by atoms with Crippen molar-refractivity contribution in [2.45, 2.75) is 26.4 Å². The van der Waals surface area contributed by atoms with E-state index in [-0.39, 0.29) is 0 Å². The normalized spacial score (nSPS) is 12.8. The molecule has 2 nitrogen and oxygen atoms in total. The van der Waals surface area contributed by atoms with Crippen molar-refractivity contribution in [3.63, 3.8) is 0 Å². The molecule has 0 aliphatic heterocycles. The van der Waals surface area contributed by atoms with E-state index in [1.54, 1.807) is 0 Å². The quantitative estimate of drug-likeness (QED) is 0.779. The molecular weight excluding hydrogens is 176 g/mol. The summed E-state index contributed by atoms with van der Waals surface area (Å²) in [6.45, 7) is 5.06. The van der Waals surface area contributed by atoms with E-state index in [2.05, 4.69) is 6.92 Å². The molecule has 1 aromatic carbocycles. The zero-order valence-electron chi connectivity index (χ0n) is 8.86. The van der Waals surface area contributed by atoms with E-state index in [0.717, 1.165) is 12.0 Å². The van der Waals surface area contributed by atoms with Crippen LogP contribution in [0.1, 0.15) is 31.1 Å². The number of aliphatic hydroxyl groups excluding tert-OH is 1. The number of hydrogen-bond donors (Lipinski definition) is 1. The van der Waals surface area contributed by atoms with Gasteiger partial charge in [-0.15, -0.1) is 0 Å². The third-order valence-corrected chi connectivity index (χ3v) is 2.25. The first-order valence-electron chi connectivity index (χ1n) is 5.12. The predicted molar refractivity (Wildman–Crippen MR) is 57.3 cm³/mol. The third-order valence-electron chi connectivity index (χ3n) is 2.25. The lowest BCUT2D eigenvalue weighted by Gasteiger charge is -2.10. The van der Waals surface area contributed by atoms with Crippen molar-refractivity contribution in [2.24, 2.45) is 0 Å². The van der Waals surface area contributed by atoms with Crippen LogP contribution >= 0.6 is 0 Å². The number of aliphatic hydroxyl groups is 1. The summed E-state index contributed by atoms with van der Waals surface area (Å²) in [4.78, 5) is 0. The summed E-state index contributed by atoms with van der Waals surface area (Å²) < 4.78 is 5.16. The molecule has 0 saturated carbocycles. The van der Waals surface area contributed by atoms with Crippen molar-refractivity contribution in [1.29, 1.82) is 0 Å². The van der Waals surface area contributed by atoms with Crippen LogP contribution in [-0.2, 0) is 11.2 Å². The lowest BCUT2D eigenvalue weighted by atomic mass is 10.1. The maximum Gasteiger partial charge on any atom is 0.102 e. The van der Waals surface area contributed by atoms with Crippen molar-refractivity contribution < 1.29 is 9.84 Å². The molecular formula is C12H18O2. The number of rotatable bonds is 5. The third kappa shape index (κ3) is 3.13. The second-order valence-corrected chi connectivity index (χ2v) is 3.27. The molecule has 0 heterocycles. The molecule has 0 saturated heterocycles. The molecule has 0 aliphatic rings. The average molecular weight is 194 g/mol. The molecule has 1 atom stereocenters. The van der Waals surface area contributed by atoms with Gasteiger partial charge in [0.05, 0.1) is 6.61 Å². The zero-order chi connectivity index (χ0) is 10.4. The molecule has 0 amide bonds. The Morgan fingerprint density at radius 2 is 1.86 bits per heavy atom. The molecule has 0 aromatic heterocycles. The second kappa shape index (κ2) is 5.78. The molecule has 1 aromatic rings. The lowest BCUT2D eigenvalue weighted by molar-refractivity contribution is 0.0420. The Kier molecular flexibility index (Phi) is 4.63. The largest absolute Gasteiger partial charge is 0.386 e. The Bertz CT molecular complexity index is 254. The van der Waals surface area contributed by atoms with E-state index in [9.17, 15) is 5.11 Å². The Labute approximate surface area is 85.5 Å². The van der Waals surface area contributed by atoms with Gasteiger partial charge in [-0.2, -0.15) is 0 Å². The summed E-state index contributed by atoms with van der Waals surface area (Å²) >= 11 is 0. The van der Waals surface area contributed by atoms with Gasteiger partial charge in [0.1, 0.15) is 6.10 Å². The first kappa shape index (κ1) is 11.2. The Balaban J connectivity index is 2.57. The molecule has 0 spiro atoms. The Hall–Kier alpha value is -0.860. The number of aryl methyl sites for hydroxylation is 1. The minimum absolute atomic E-state index is 0.377. The van der Waals surface area contributed by atoms with Gasteiger partial charge in [-0.1, -0.05) is 31.2 Å². The van der Waals surface area contributed by atoms with Crippen LogP contribution < -0.4 is 0 Å². The van der Waals surface area contributed by atoms with Crippen LogP contribution in [-0.4, -0.2) is 18.3 Å². The van der Waals surface area contributed by atoms with Crippen LogP contribution in [0.25, 0.3) is 0 Å². The molecule has 1 N–H and O–H groups in total. The second-order valence-electron chi connectivity index (χ2n) is 3.27. The molecule has 14 heavy (non-hydrogen) atoms. The number of benzene rings is 1. The number of ether oxygens (including phenoxy) is 1. The maximum absolute atomic E-state index is 9.69. The maximum atomic E-state index is 9.69. The smallest absolute Gasteiger partial charge is 0.102 e. The first-order valence-corrected chi connectivity index (χ1v) is 5.12. The van der Waals surface area contributed by atoms with Crippen molar-refractivity contribution >= 4 is 0 Å². The van der Waals surface area contributed by atoms with Gasteiger partial charge in [-0.05, 0) is 24.5 Å². The summed E-state index contributed by atoms with van der Waals surface area (Å²) in [5.74, 6) is 0. The van der Waals surface area contributed by atoms with E-state index in [4.69, 9.17) is 4.74 Å². The summed E-state index contributed by atoms with van der Waals surface area (Å²) in [5.41, 5.74) is 2.22. The van der Waals surface area contributed by atoms with Crippen molar-refractivity contribution in [2.75, 3.05) is 13.2 Å². The lowest BCUT2D eigenvalue weighted by Crippen LogP contribution is -2.06. The highest BCUT2D eigenvalue weighted by Crippen LogP contribution is 2.14. The average Bonchev–Trinajstić information content (AvgIpc) is 2.26. The van der Waals surface area contributed by atoms with Gasteiger partial charge >= 0.3 is 0 Å². The Morgan fingerprint density at radius 3 is 2.36 bits per heavy atom. The molecule has 0 bridgehead atoms. The van der Waals surface area contributed by atoms with Crippen LogP contribution in [0.2, 0.25) is 0 Å². The van der Waals surface area contributed by atoms with E-state index in [1.807, 2.05) is 31.2 Å². The van der Waals surface area contributed by atoms with Crippen LogP contribution in [0.15, 0.2) is 24.3 Å². The zero-order valence-corrected chi connectivity index (χ0v) is 8.86. The van der Waals surface area contributed by atoms with Crippen LogP contribution in [0.4, 0.5) is 0 Å². The fourth-order valence-electron chi connectivity index (χ4n) is 1.30. The topological polar surface area (TPSA) is 29.5 Å². The van der Waals surface area contributed by atoms with Crippen LogP contribution in [0.5, 0.6) is 0 Å². The summed E-state index contributed by atoms with van der Waals surface area (Å²) in [7, 11) is 0. The molecule has 0 aliphatic carbocycles. The minimum Gasteiger partial charge on any atom is -0.386 e. The molecule has 1 unspecified atom stereocenters. The van der Waals surface area contributed by atoms with Gasteiger partial charge in [-0.25, -0.2) is 0 Å². The van der Waals surface area contributed by atoms with Crippen LogP contribution in [0, 0.1) is 0 Å².